The SMILES string of the molecule is C[C@H]([C@@H](CC(=O)c1ccccc1)c1ccccc1)[N+](=O)[O-]. The Bertz CT molecular complexity index is 610. The van der Waals surface area contributed by atoms with Crippen LogP contribution in [0.2, 0.25) is 0 Å². The van der Waals surface area contributed by atoms with Crippen molar-refractivity contribution < 1.29 is 9.72 Å². The number of hydrogen-bond acceptors (Lipinski definition) is 3. The average molecular weight is 283 g/mol. The minimum atomic E-state index is -0.805. The summed E-state index contributed by atoms with van der Waals surface area (Å²) in [5.41, 5.74) is 1.42. The molecule has 0 N–H and O–H groups in total. The van der Waals surface area contributed by atoms with E-state index in [-0.39, 0.29) is 17.1 Å². The molecule has 0 aliphatic heterocycles. The highest BCUT2D eigenvalue weighted by Crippen LogP contribution is 2.26. The summed E-state index contributed by atoms with van der Waals surface area (Å²) in [6.45, 7) is 1.55. The molecule has 0 fully saturated rings. The van der Waals surface area contributed by atoms with E-state index in [9.17, 15) is 14.9 Å². The summed E-state index contributed by atoms with van der Waals surface area (Å²) in [5, 5.41) is 11.1. The second kappa shape index (κ2) is 6.79. The summed E-state index contributed by atoms with van der Waals surface area (Å²) in [7, 11) is 0. The number of carbonyl (C=O) groups is 1. The second-order valence-electron chi connectivity index (χ2n) is 5.04. The number of carbonyl (C=O) groups excluding carboxylic acids is 1. The van der Waals surface area contributed by atoms with Crippen LogP contribution >= 0.6 is 0 Å². The summed E-state index contributed by atoms with van der Waals surface area (Å²) < 4.78 is 0. The number of ketones is 1. The highest BCUT2D eigenvalue weighted by molar-refractivity contribution is 5.96. The molecule has 0 heterocycles. The predicted molar refractivity (Wildman–Crippen MR) is 81.0 cm³/mol. The van der Waals surface area contributed by atoms with Crippen LogP contribution in [0.4, 0.5) is 0 Å². The van der Waals surface area contributed by atoms with Crippen molar-refractivity contribution in [2.24, 2.45) is 0 Å². The van der Waals surface area contributed by atoms with Gasteiger partial charge in [-0.25, -0.2) is 0 Å². The van der Waals surface area contributed by atoms with Gasteiger partial charge in [-0.3, -0.25) is 14.9 Å². The Morgan fingerprint density at radius 1 is 1.05 bits per heavy atom. The molecule has 0 radical (unpaired) electrons. The van der Waals surface area contributed by atoms with Crippen LogP contribution in [0.25, 0.3) is 0 Å². The summed E-state index contributed by atoms with van der Waals surface area (Å²) >= 11 is 0. The van der Waals surface area contributed by atoms with E-state index in [1.54, 1.807) is 31.2 Å². The molecule has 4 heteroatoms. The van der Waals surface area contributed by atoms with E-state index in [0.717, 1.165) is 5.56 Å². The van der Waals surface area contributed by atoms with Crippen molar-refractivity contribution in [2.45, 2.75) is 25.3 Å². The molecule has 0 amide bonds. The van der Waals surface area contributed by atoms with E-state index in [4.69, 9.17) is 0 Å². The highest BCUT2D eigenvalue weighted by atomic mass is 16.6. The first-order valence-corrected chi connectivity index (χ1v) is 6.86. The standard InChI is InChI=1S/C17H17NO3/c1-13(18(20)21)16(14-8-4-2-5-9-14)12-17(19)15-10-6-3-7-11-15/h2-11,13,16H,12H2,1H3/t13-,16-/m1/s1. The fourth-order valence-corrected chi connectivity index (χ4v) is 2.36. The van der Waals surface area contributed by atoms with Gasteiger partial charge in [0.2, 0.25) is 6.04 Å². The van der Waals surface area contributed by atoms with Crippen LogP contribution in [-0.4, -0.2) is 16.7 Å². The molecule has 4 nitrogen and oxygen atoms in total. The number of rotatable bonds is 6. The third kappa shape index (κ3) is 3.75. The minimum Gasteiger partial charge on any atom is -0.294 e. The first-order valence-electron chi connectivity index (χ1n) is 6.86. The molecule has 21 heavy (non-hydrogen) atoms. The number of hydrogen-bond donors (Lipinski definition) is 0. The van der Waals surface area contributed by atoms with Crippen molar-refractivity contribution in [2.75, 3.05) is 0 Å². The van der Waals surface area contributed by atoms with Gasteiger partial charge in [-0.2, -0.15) is 0 Å². The lowest BCUT2D eigenvalue weighted by atomic mass is 9.86. The molecule has 0 unspecified atom stereocenters. The van der Waals surface area contributed by atoms with Crippen molar-refractivity contribution >= 4 is 5.78 Å². The third-order valence-corrected chi connectivity index (χ3v) is 3.64. The normalized spacial score (nSPS) is 13.4. The fraction of sp³-hybridized carbons (Fsp3) is 0.235. The van der Waals surface area contributed by atoms with Crippen molar-refractivity contribution in [3.63, 3.8) is 0 Å². The summed E-state index contributed by atoms with van der Waals surface area (Å²) in [6, 6.07) is 17.3. The Labute approximate surface area is 123 Å². The highest BCUT2D eigenvalue weighted by Gasteiger charge is 2.30. The van der Waals surface area contributed by atoms with Crippen LogP contribution in [0.5, 0.6) is 0 Å². The predicted octanol–water partition coefficient (Wildman–Crippen LogP) is 3.71. The van der Waals surface area contributed by atoms with Gasteiger partial charge in [0.1, 0.15) is 0 Å². The molecule has 0 saturated heterocycles. The Hall–Kier alpha value is -2.49. The van der Waals surface area contributed by atoms with Gasteiger partial charge in [-0.05, 0) is 5.56 Å². The van der Waals surface area contributed by atoms with E-state index in [1.807, 2.05) is 36.4 Å². The molecular formula is C17H17NO3. The number of Topliss-reactive ketones (excluding diaryl/α,β-unsaturated/α-hetero) is 1. The zero-order valence-electron chi connectivity index (χ0n) is 11.8. The van der Waals surface area contributed by atoms with Crippen LogP contribution in [0.15, 0.2) is 60.7 Å². The molecule has 2 aromatic rings. The third-order valence-electron chi connectivity index (χ3n) is 3.64. The molecule has 2 atom stereocenters. The van der Waals surface area contributed by atoms with E-state index in [2.05, 4.69) is 0 Å². The lowest BCUT2D eigenvalue weighted by Gasteiger charge is -2.18. The number of benzene rings is 2. The Kier molecular flexibility index (Phi) is 4.82. The lowest BCUT2D eigenvalue weighted by Crippen LogP contribution is -2.26. The smallest absolute Gasteiger partial charge is 0.217 e. The number of nitrogens with zero attached hydrogens (tertiary/aromatic N) is 1. The Morgan fingerprint density at radius 3 is 2.10 bits per heavy atom. The van der Waals surface area contributed by atoms with E-state index in [0.29, 0.717) is 5.56 Å². The monoisotopic (exact) mass is 283 g/mol. The summed E-state index contributed by atoms with van der Waals surface area (Å²) in [4.78, 5) is 23.1. The Morgan fingerprint density at radius 2 is 1.57 bits per heavy atom. The Balaban J connectivity index is 2.25. The topological polar surface area (TPSA) is 60.2 Å². The lowest BCUT2D eigenvalue weighted by molar-refractivity contribution is -0.522. The van der Waals surface area contributed by atoms with Crippen molar-refractivity contribution in [3.8, 4) is 0 Å². The maximum Gasteiger partial charge on any atom is 0.217 e. The van der Waals surface area contributed by atoms with Crippen LogP contribution in [0.1, 0.15) is 35.2 Å². The van der Waals surface area contributed by atoms with Gasteiger partial charge in [0.05, 0.1) is 5.92 Å². The molecule has 2 rings (SSSR count). The maximum absolute atomic E-state index is 12.3. The van der Waals surface area contributed by atoms with Gasteiger partial charge in [-0.1, -0.05) is 60.7 Å². The van der Waals surface area contributed by atoms with Crippen LogP contribution in [0, 0.1) is 10.1 Å². The summed E-state index contributed by atoms with van der Waals surface area (Å²) in [6.07, 6.45) is 0.135. The van der Waals surface area contributed by atoms with Gasteiger partial charge in [0.25, 0.3) is 0 Å². The number of nitro groups is 1. The zero-order chi connectivity index (χ0) is 15.2. The quantitative estimate of drug-likeness (QED) is 0.461. The molecule has 108 valence electrons. The van der Waals surface area contributed by atoms with Crippen molar-refractivity contribution in [3.05, 3.63) is 81.9 Å². The zero-order valence-corrected chi connectivity index (χ0v) is 11.8. The van der Waals surface area contributed by atoms with Crippen molar-refractivity contribution in [1.29, 1.82) is 0 Å². The first kappa shape index (κ1) is 14.9. The first-order chi connectivity index (χ1) is 10.1. The largest absolute Gasteiger partial charge is 0.294 e. The summed E-state index contributed by atoms with van der Waals surface area (Å²) in [5.74, 6) is -0.493. The molecule has 0 aromatic heterocycles. The molecular weight excluding hydrogens is 266 g/mol. The van der Waals surface area contributed by atoms with Gasteiger partial charge in [-0.15, -0.1) is 0 Å². The molecule has 0 saturated carbocycles. The van der Waals surface area contributed by atoms with Crippen LogP contribution < -0.4 is 0 Å². The molecule has 0 spiro atoms. The van der Waals surface area contributed by atoms with E-state index >= 15 is 0 Å². The second-order valence-corrected chi connectivity index (χ2v) is 5.04. The van der Waals surface area contributed by atoms with Gasteiger partial charge in [0, 0.05) is 23.8 Å². The molecule has 0 aliphatic carbocycles. The van der Waals surface area contributed by atoms with E-state index < -0.39 is 12.0 Å². The van der Waals surface area contributed by atoms with Gasteiger partial charge >= 0.3 is 0 Å². The van der Waals surface area contributed by atoms with Gasteiger partial charge < -0.3 is 0 Å². The average Bonchev–Trinajstić information content (AvgIpc) is 2.53. The molecule has 0 bridgehead atoms. The van der Waals surface area contributed by atoms with E-state index in [1.165, 1.54) is 0 Å². The fourth-order valence-electron chi connectivity index (χ4n) is 2.36. The minimum absolute atomic E-state index is 0.0712. The maximum atomic E-state index is 12.3. The van der Waals surface area contributed by atoms with Crippen LogP contribution in [0.3, 0.4) is 0 Å². The van der Waals surface area contributed by atoms with Crippen LogP contribution in [-0.2, 0) is 0 Å². The van der Waals surface area contributed by atoms with Crippen molar-refractivity contribution in [1.82, 2.24) is 0 Å². The molecule has 0 aliphatic rings. The molecule has 2 aromatic carbocycles. The van der Waals surface area contributed by atoms with Gasteiger partial charge in [0.15, 0.2) is 5.78 Å².